The fraction of sp³-hybridized carbons (Fsp3) is 1.00. The molecular weight excluding hydrogens is 194 g/mol. The van der Waals surface area contributed by atoms with Gasteiger partial charge in [-0.15, -0.1) is 0 Å². The summed E-state index contributed by atoms with van der Waals surface area (Å²) < 4.78 is 0. The van der Waals surface area contributed by atoms with Gasteiger partial charge in [-0.2, -0.15) is 0 Å². The third-order valence-corrected chi connectivity index (χ3v) is 6.05. The second-order valence-electron chi connectivity index (χ2n) is 7.70. The summed E-state index contributed by atoms with van der Waals surface area (Å²) in [5.41, 5.74) is 1.21. The van der Waals surface area contributed by atoms with Crippen LogP contribution in [0.5, 0.6) is 0 Å². The van der Waals surface area contributed by atoms with Gasteiger partial charge in [0.25, 0.3) is 0 Å². The minimum atomic E-state index is 0.604. The lowest BCUT2D eigenvalue weighted by atomic mass is 9.44. The Balaban J connectivity index is 1.99. The van der Waals surface area contributed by atoms with Crippen molar-refractivity contribution in [2.45, 2.75) is 58.9 Å². The summed E-state index contributed by atoms with van der Waals surface area (Å²) in [7, 11) is 2.37. The second-order valence-corrected chi connectivity index (χ2v) is 7.70. The number of hydrogen-bond acceptors (Lipinski definition) is 1. The van der Waals surface area contributed by atoms with Gasteiger partial charge in [-0.05, 0) is 68.4 Å². The molecule has 1 saturated heterocycles. The number of fused-ring (bicyclic) bond motifs is 2. The highest BCUT2D eigenvalue weighted by Gasteiger charge is 2.59. The van der Waals surface area contributed by atoms with Crippen molar-refractivity contribution in [1.82, 2.24) is 4.90 Å². The highest BCUT2D eigenvalue weighted by atomic mass is 15.2. The first-order valence-corrected chi connectivity index (χ1v) is 7.14. The van der Waals surface area contributed by atoms with Crippen LogP contribution in [-0.4, -0.2) is 24.5 Å². The Morgan fingerprint density at radius 2 is 1.88 bits per heavy atom. The molecule has 16 heavy (non-hydrogen) atoms. The zero-order valence-electron chi connectivity index (χ0n) is 11.4. The van der Waals surface area contributed by atoms with Crippen molar-refractivity contribution in [3.63, 3.8) is 0 Å². The molecule has 92 valence electrons. The molecule has 0 N–H and O–H groups in total. The van der Waals surface area contributed by atoms with E-state index in [0.717, 1.165) is 17.9 Å². The number of likely N-dealkylation sites (tertiary alicyclic amines) is 1. The number of piperidine rings is 1. The van der Waals surface area contributed by atoms with Crippen molar-refractivity contribution in [3.8, 4) is 0 Å². The lowest BCUT2D eigenvalue weighted by molar-refractivity contribution is -0.152. The topological polar surface area (TPSA) is 3.24 Å². The molecular formula is C15H27N. The Hall–Kier alpha value is -0.0400. The van der Waals surface area contributed by atoms with E-state index >= 15 is 0 Å². The molecule has 0 radical (unpaired) electrons. The molecule has 0 aromatic carbocycles. The summed E-state index contributed by atoms with van der Waals surface area (Å²) in [6, 6.07) is 0.896. The Morgan fingerprint density at radius 1 is 1.12 bits per heavy atom. The van der Waals surface area contributed by atoms with Crippen LogP contribution < -0.4 is 0 Å². The summed E-state index contributed by atoms with van der Waals surface area (Å²) in [5, 5.41) is 0. The molecule has 3 aliphatic carbocycles. The van der Waals surface area contributed by atoms with Crippen LogP contribution in [0.25, 0.3) is 0 Å². The van der Waals surface area contributed by atoms with E-state index in [9.17, 15) is 0 Å². The maximum atomic E-state index is 2.69. The van der Waals surface area contributed by atoms with Gasteiger partial charge < -0.3 is 4.90 Å². The SMILES string of the molecule is CN1CCCC2C3CCC(C)(CC3(C)C)C21. The molecule has 1 heterocycles. The highest BCUT2D eigenvalue weighted by molar-refractivity contribution is 5.10. The Labute approximate surface area is 101 Å². The first-order chi connectivity index (χ1) is 7.44. The van der Waals surface area contributed by atoms with Gasteiger partial charge in [0.2, 0.25) is 0 Å². The van der Waals surface area contributed by atoms with Gasteiger partial charge in [0.15, 0.2) is 0 Å². The Morgan fingerprint density at radius 3 is 2.56 bits per heavy atom. The molecule has 4 aliphatic rings. The van der Waals surface area contributed by atoms with Gasteiger partial charge in [0.1, 0.15) is 0 Å². The van der Waals surface area contributed by atoms with Gasteiger partial charge in [0, 0.05) is 6.04 Å². The minimum absolute atomic E-state index is 0.604. The normalized spacial score (nSPS) is 51.4. The van der Waals surface area contributed by atoms with Crippen LogP contribution in [0.1, 0.15) is 52.9 Å². The summed E-state index contributed by atoms with van der Waals surface area (Å²) in [6.07, 6.45) is 7.36. The molecule has 4 rings (SSSR count). The summed E-state index contributed by atoms with van der Waals surface area (Å²) in [5.74, 6) is 2.00. The number of rotatable bonds is 0. The summed E-state index contributed by atoms with van der Waals surface area (Å²) in [4.78, 5) is 2.69. The standard InChI is InChI=1S/C15H27N/c1-14(2)10-15(3)8-7-12(14)11-6-5-9-16(4)13(11)15/h11-13H,5-10H2,1-4H3. The Bertz CT molecular complexity index is 296. The molecule has 0 spiro atoms. The molecule has 0 aromatic heterocycles. The van der Waals surface area contributed by atoms with E-state index in [4.69, 9.17) is 0 Å². The fourth-order valence-electron chi connectivity index (χ4n) is 5.85. The van der Waals surface area contributed by atoms with Gasteiger partial charge in [-0.3, -0.25) is 0 Å². The van der Waals surface area contributed by atoms with E-state index in [1.165, 1.54) is 38.6 Å². The molecule has 2 bridgehead atoms. The van der Waals surface area contributed by atoms with Crippen LogP contribution in [0.4, 0.5) is 0 Å². The van der Waals surface area contributed by atoms with Crippen LogP contribution in [-0.2, 0) is 0 Å². The quantitative estimate of drug-likeness (QED) is 0.605. The first-order valence-electron chi connectivity index (χ1n) is 7.14. The smallest absolute Gasteiger partial charge is 0.0177 e. The van der Waals surface area contributed by atoms with E-state index in [2.05, 4.69) is 32.7 Å². The lowest BCUT2D eigenvalue weighted by Gasteiger charge is -2.65. The summed E-state index contributed by atoms with van der Waals surface area (Å²) >= 11 is 0. The molecule has 1 aliphatic heterocycles. The van der Waals surface area contributed by atoms with Crippen molar-refractivity contribution in [1.29, 1.82) is 0 Å². The third kappa shape index (κ3) is 1.33. The summed E-state index contributed by atoms with van der Waals surface area (Å²) in [6.45, 7) is 8.97. The van der Waals surface area contributed by atoms with E-state index in [0.29, 0.717) is 10.8 Å². The van der Waals surface area contributed by atoms with Gasteiger partial charge >= 0.3 is 0 Å². The minimum Gasteiger partial charge on any atom is -0.303 e. The number of nitrogens with zero attached hydrogens (tertiary/aromatic N) is 1. The van der Waals surface area contributed by atoms with Crippen molar-refractivity contribution in [3.05, 3.63) is 0 Å². The van der Waals surface area contributed by atoms with Gasteiger partial charge in [-0.25, -0.2) is 0 Å². The lowest BCUT2D eigenvalue weighted by Crippen LogP contribution is -2.64. The molecule has 4 atom stereocenters. The first kappa shape index (κ1) is 11.1. The molecule has 4 fully saturated rings. The van der Waals surface area contributed by atoms with Crippen molar-refractivity contribution < 1.29 is 0 Å². The molecule has 1 nitrogen and oxygen atoms in total. The molecule has 4 unspecified atom stereocenters. The van der Waals surface area contributed by atoms with Crippen LogP contribution in [0.2, 0.25) is 0 Å². The number of hydrogen-bond donors (Lipinski definition) is 0. The molecule has 1 heteroatoms. The maximum absolute atomic E-state index is 2.69. The van der Waals surface area contributed by atoms with Crippen LogP contribution in [0, 0.1) is 22.7 Å². The zero-order chi connectivity index (χ0) is 11.6. The fourth-order valence-corrected chi connectivity index (χ4v) is 5.85. The molecule has 0 aromatic rings. The average Bonchev–Trinajstić information content (AvgIpc) is 2.14. The molecule has 0 amide bonds. The van der Waals surface area contributed by atoms with Gasteiger partial charge in [-0.1, -0.05) is 20.8 Å². The van der Waals surface area contributed by atoms with E-state index in [1.54, 1.807) is 0 Å². The third-order valence-electron chi connectivity index (χ3n) is 6.05. The Kier molecular flexibility index (Phi) is 2.25. The van der Waals surface area contributed by atoms with Crippen molar-refractivity contribution in [2.75, 3.05) is 13.6 Å². The average molecular weight is 221 g/mol. The van der Waals surface area contributed by atoms with E-state index < -0.39 is 0 Å². The molecule has 3 saturated carbocycles. The van der Waals surface area contributed by atoms with Crippen LogP contribution in [0.15, 0.2) is 0 Å². The highest BCUT2D eigenvalue weighted by Crippen LogP contribution is 2.63. The van der Waals surface area contributed by atoms with Gasteiger partial charge in [0.05, 0.1) is 0 Å². The maximum Gasteiger partial charge on any atom is 0.0177 e. The predicted molar refractivity (Wildman–Crippen MR) is 68.4 cm³/mol. The van der Waals surface area contributed by atoms with Crippen LogP contribution in [0.3, 0.4) is 0 Å². The van der Waals surface area contributed by atoms with E-state index in [1.807, 2.05) is 0 Å². The largest absolute Gasteiger partial charge is 0.303 e. The monoisotopic (exact) mass is 221 g/mol. The van der Waals surface area contributed by atoms with Crippen molar-refractivity contribution in [2.24, 2.45) is 22.7 Å². The second kappa shape index (κ2) is 3.25. The predicted octanol–water partition coefficient (Wildman–Crippen LogP) is 3.54. The van der Waals surface area contributed by atoms with E-state index in [-0.39, 0.29) is 0 Å². The zero-order valence-corrected chi connectivity index (χ0v) is 11.4. The van der Waals surface area contributed by atoms with Crippen molar-refractivity contribution >= 4 is 0 Å². The van der Waals surface area contributed by atoms with Crippen LogP contribution >= 0.6 is 0 Å².